The van der Waals surface area contributed by atoms with Crippen molar-refractivity contribution < 1.29 is 0 Å². The zero-order valence-corrected chi connectivity index (χ0v) is 10.5. The first kappa shape index (κ1) is 11.5. The Balaban J connectivity index is 2.44. The van der Waals surface area contributed by atoms with Crippen molar-refractivity contribution in [1.82, 2.24) is 9.55 Å². The van der Waals surface area contributed by atoms with Crippen LogP contribution in [-0.2, 0) is 7.05 Å². The van der Waals surface area contributed by atoms with Gasteiger partial charge in [-0.05, 0) is 36.8 Å². The van der Waals surface area contributed by atoms with E-state index in [9.17, 15) is 0 Å². The number of imidazole rings is 1. The van der Waals surface area contributed by atoms with Gasteiger partial charge in [0.2, 0.25) is 0 Å². The van der Waals surface area contributed by atoms with Gasteiger partial charge in [-0.2, -0.15) is 12.6 Å². The molecule has 0 saturated heterocycles. The molecule has 2 N–H and O–H groups in total. The van der Waals surface area contributed by atoms with Gasteiger partial charge in [0, 0.05) is 13.1 Å². The minimum Gasteiger partial charge on any atom is -0.331 e. The van der Waals surface area contributed by atoms with Crippen molar-refractivity contribution >= 4 is 23.7 Å². The van der Waals surface area contributed by atoms with Gasteiger partial charge in [-0.3, -0.25) is 0 Å². The molecular weight excluding hydrogens is 218 g/mol. The molecule has 1 aromatic heterocycles. The van der Waals surface area contributed by atoms with Crippen molar-refractivity contribution in [3.63, 3.8) is 0 Å². The first-order valence-electron chi connectivity index (χ1n) is 5.43. The summed E-state index contributed by atoms with van der Waals surface area (Å²) < 4.78 is 2.09. The summed E-state index contributed by atoms with van der Waals surface area (Å²) in [4.78, 5) is 4.50. The molecule has 0 aliphatic carbocycles. The predicted molar refractivity (Wildman–Crippen MR) is 70.8 cm³/mol. The van der Waals surface area contributed by atoms with Crippen molar-refractivity contribution in [2.45, 2.75) is 19.4 Å². The molecule has 0 saturated carbocycles. The van der Waals surface area contributed by atoms with Crippen molar-refractivity contribution in [3.05, 3.63) is 29.6 Å². The van der Waals surface area contributed by atoms with Gasteiger partial charge in [-0.15, -0.1) is 0 Å². The van der Waals surface area contributed by atoms with E-state index in [0.29, 0.717) is 0 Å². The second kappa shape index (κ2) is 4.47. The van der Waals surface area contributed by atoms with Crippen LogP contribution in [0.4, 0.5) is 0 Å². The van der Waals surface area contributed by atoms with E-state index >= 15 is 0 Å². The van der Waals surface area contributed by atoms with Crippen molar-refractivity contribution in [2.75, 3.05) is 5.75 Å². The molecule has 0 bridgehead atoms. The van der Waals surface area contributed by atoms with E-state index in [-0.39, 0.29) is 6.04 Å². The van der Waals surface area contributed by atoms with E-state index in [2.05, 4.69) is 40.4 Å². The molecule has 2 aromatic rings. The van der Waals surface area contributed by atoms with Crippen molar-refractivity contribution in [1.29, 1.82) is 0 Å². The van der Waals surface area contributed by atoms with Crippen molar-refractivity contribution in [2.24, 2.45) is 12.8 Å². The third-order valence-corrected chi connectivity index (χ3v) is 3.25. The lowest BCUT2D eigenvalue weighted by molar-refractivity contribution is 0.707. The lowest BCUT2D eigenvalue weighted by atomic mass is 10.1. The monoisotopic (exact) mass is 235 g/mol. The number of thiol groups is 1. The number of fused-ring (bicyclic) bond motifs is 1. The number of benzene rings is 1. The summed E-state index contributed by atoms with van der Waals surface area (Å²) in [7, 11) is 2.03. The summed E-state index contributed by atoms with van der Waals surface area (Å²) in [6, 6.07) is 6.31. The zero-order valence-electron chi connectivity index (χ0n) is 9.64. The Kier molecular flexibility index (Phi) is 3.21. The number of hydrogen-bond acceptors (Lipinski definition) is 3. The van der Waals surface area contributed by atoms with Crippen LogP contribution < -0.4 is 5.73 Å². The van der Waals surface area contributed by atoms with E-state index in [1.807, 2.05) is 14.0 Å². The van der Waals surface area contributed by atoms with Gasteiger partial charge in [0.1, 0.15) is 5.82 Å². The number of hydrogen-bond donors (Lipinski definition) is 2. The fourth-order valence-electron chi connectivity index (χ4n) is 1.87. The first-order chi connectivity index (χ1) is 7.63. The van der Waals surface area contributed by atoms with Gasteiger partial charge < -0.3 is 10.3 Å². The first-order valence-corrected chi connectivity index (χ1v) is 6.06. The van der Waals surface area contributed by atoms with Crippen LogP contribution in [0.2, 0.25) is 0 Å². The Labute approximate surface area is 101 Å². The Bertz CT molecular complexity index is 504. The third-order valence-electron chi connectivity index (χ3n) is 3.00. The second-order valence-electron chi connectivity index (χ2n) is 4.08. The average molecular weight is 235 g/mol. The highest BCUT2D eigenvalue weighted by Gasteiger charge is 2.09. The number of nitrogens with two attached hydrogens (primary N) is 1. The SMILES string of the molecule is Cc1nc2cc(C(N)CCS)ccc2n1C. The van der Waals surface area contributed by atoms with Crippen LogP contribution in [0, 0.1) is 6.92 Å². The third kappa shape index (κ3) is 1.95. The van der Waals surface area contributed by atoms with Gasteiger partial charge in [0.25, 0.3) is 0 Å². The van der Waals surface area contributed by atoms with Gasteiger partial charge in [0.15, 0.2) is 0 Å². The van der Waals surface area contributed by atoms with E-state index in [1.165, 1.54) is 0 Å². The number of aromatic nitrogens is 2. The summed E-state index contributed by atoms with van der Waals surface area (Å²) in [5.41, 5.74) is 9.37. The van der Waals surface area contributed by atoms with Crippen LogP contribution in [-0.4, -0.2) is 15.3 Å². The van der Waals surface area contributed by atoms with Crippen LogP contribution in [0.15, 0.2) is 18.2 Å². The standard InChI is InChI=1S/C12H17N3S/c1-8-14-11-7-9(10(13)5-6-16)3-4-12(11)15(8)2/h3-4,7,10,16H,5-6,13H2,1-2H3. The Morgan fingerprint density at radius 1 is 1.50 bits per heavy atom. The largest absolute Gasteiger partial charge is 0.331 e. The minimum absolute atomic E-state index is 0.0595. The van der Waals surface area contributed by atoms with Crippen LogP contribution in [0.25, 0.3) is 11.0 Å². The van der Waals surface area contributed by atoms with Crippen molar-refractivity contribution in [3.8, 4) is 0 Å². The molecular formula is C12H17N3S. The second-order valence-corrected chi connectivity index (χ2v) is 4.53. The Morgan fingerprint density at radius 2 is 2.25 bits per heavy atom. The molecule has 1 heterocycles. The van der Waals surface area contributed by atoms with Gasteiger partial charge in [0.05, 0.1) is 11.0 Å². The highest BCUT2D eigenvalue weighted by molar-refractivity contribution is 7.80. The van der Waals surface area contributed by atoms with Gasteiger partial charge >= 0.3 is 0 Å². The fourth-order valence-corrected chi connectivity index (χ4v) is 2.15. The number of aryl methyl sites for hydroxylation is 2. The summed E-state index contributed by atoms with van der Waals surface area (Å²) >= 11 is 4.20. The summed E-state index contributed by atoms with van der Waals surface area (Å²) in [5.74, 6) is 1.83. The number of nitrogens with zero attached hydrogens (tertiary/aromatic N) is 2. The van der Waals surface area contributed by atoms with Gasteiger partial charge in [-0.25, -0.2) is 4.98 Å². The maximum Gasteiger partial charge on any atom is 0.106 e. The quantitative estimate of drug-likeness (QED) is 0.801. The Hall–Kier alpha value is -1.00. The normalized spacial score (nSPS) is 13.2. The molecule has 0 aliphatic heterocycles. The molecule has 1 aromatic carbocycles. The van der Waals surface area contributed by atoms with Gasteiger partial charge in [-0.1, -0.05) is 6.07 Å². The Morgan fingerprint density at radius 3 is 2.94 bits per heavy atom. The summed E-state index contributed by atoms with van der Waals surface area (Å²) in [6.45, 7) is 2.01. The van der Waals surface area contributed by atoms with Crippen LogP contribution in [0.1, 0.15) is 23.9 Å². The molecule has 0 fully saturated rings. The molecule has 0 radical (unpaired) electrons. The molecule has 86 valence electrons. The lowest BCUT2D eigenvalue weighted by Gasteiger charge is -2.10. The summed E-state index contributed by atoms with van der Waals surface area (Å²) in [5, 5.41) is 0. The molecule has 4 heteroatoms. The molecule has 2 rings (SSSR count). The maximum atomic E-state index is 6.06. The smallest absolute Gasteiger partial charge is 0.106 e. The predicted octanol–water partition coefficient (Wildman–Crippen LogP) is 2.20. The molecule has 0 amide bonds. The van der Waals surface area contributed by atoms with E-state index < -0.39 is 0 Å². The van der Waals surface area contributed by atoms with Crippen LogP contribution in [0.5, 0.6) is 0 Å². The maximum absolute atomic E-state index is 6.06. The minimum atomic E-state index is 0.0595. The molecule has 1 unspecified atom stereocenters. The van der Waals surface area contributed by atoms with Crippen LogP contribution >= 0.6 is 12.6 Å². The summed E-state index contributed by atoms with van der Waals surface area (Å²) in [6.07, 6.45) is 0.889. The van der Waals surface area contributed by atoms with Crippen LogP contribution in [0.3, 0.4) is 0 Å². The van der Waals surface area contributed by atoms with E-state index in [0.717, 1.165) is 34.6 Å². The average Bonchev–Trinajstić information content (AvgIpc) is 2.55. The topological polar surface area (TPSA) is 43.8 Å². The molecule has 16 heavy (non-hydrogen) atoms. The highest BCUT2D eigenvalue weighted by atomic mass is 32.1. The molecule has 0 spiro atoms. The van der Waals surface area contributed by atoms with E-state index in [4.69, 9.17) is 5.73 Å². The molecule has 3 nitrogen and oxygen atoms in total. The number of rotatable bonds is 3. The zero-order chi connectivity index (χ0) is 11.7. The molecule has 0 aliphatic rings. The van der Waals surface area contributed by atoms with E-state index in [1.54, 1.807) is 0 Å². The molecule has 1 atom stereocenters. The lowest BCUT2D eigenvalue weighted by Crippen LogP contribution is -2.10. The highest BCUT2D eigenvalue weighted by Crippen LogP contribution is 2.21. The fraction of sp³-hybridized carbons (Fsp3) is 0.417.